The standard InChI is InChI=1S/C13H16BrN5O/c14-10-6-9(7-11(15)8-10)13-16-17-18-19(13)4-3-12-2-1-5-20-12/h6-8,12H,1-5,15H2. The molecule has 1 aromatic heterocycles. The number of ether oxygens (including phenoxy) is 1. The molecule has 1 aromatic carbocycles. The predicted molar refractivity (Wildman–Crippen MR) is 79.0 cm³/mol. The van der Waals surface area contributed by atoms with E-state index in [1.54, 1.807) is 0 Å². The SMILES string of the molecule is Nc1cc(Br)cc(-c2nnnn2CCC2CCCO2)c1. The van der Waals surface area contributed by atoms with Gasteiger partial charge in [-0.3, -0.25) is 0 Å². The number of halogens is 1. The number of hydrogen-bond donors (Lipinski definition) is 1. The number of benzene rings is 1. The number of nitrogens with zero attached hydrogens (tertiary/aromatic N) is 4. The highest BCUT2D eigenvalue weighted by atomic mass is 79.9. The molecule has 3 rings (SSSR count). The number of aryl methyl sites for hydroxylation is 1. The summed E-state index contributed by atoms with van der Waals surface area (Å²) in [6.45, 7) is 1.62. The van der Waals surface area contributed by atoms with Crippen LogP contribution in [-0.4, -0.2) is 32.9 Å². The van der Waals surface area contributed by atoms with Gasteiger partial charge in [0.15, 0.2) is 5.82 Å². The van der Waals surface area contributed by atoms with E-state index in [1.165, 1.54) is 0 Å². The topological polar surface area (TPSA) is 78.9 Å². The number of nitrogen functional groups attached to an aromatic ring is 1. The number of rotatable bonds is 4. The van der Waals surface area contributed by atoms with Crippen molar-refractivity contribution in [2.75, 3.05) is 12.3 Å². The normalized spacial score (nSPS) is 18.6. The average Bonchev–Trinajstić information content (AvgIpc) is 3.06. The van der Waals surface area contributed by atoms with Crippen LogP contribution in [0.1, 0.15) is 19.3 Å². The minimum atomic E-state index is 0.333. The highest BCUT2D eigenvalue weighted by Crippen LogP contribution is 2.25. The van der Waals surface area contributed by atoms with Crippen LogP contribution >= 0.6 is 15.9 Å². The quantitative estimate of drug-likeness (QED) is 0.865. The summed E-state index contributed by atoms with van der Waals surface area (Å²) in [7, 11) is 0. The van der Waals surface area contributed by atoms with Crippen LogP contribution in [0.2, 0.25) is 0 Å². The summed E-state index contributed by atoms with van der Waals surface area (Å²) >= 11 is 3.44. The molecule has 1 atom stereocenters. The molecule has 1 fully saturated rings. The van der Waals surface area contributed by atoms with E-state index in [4.69, 9.17) is 10.5 Å². The zero-order valence-corrected chi connectivity index (χ0v) is 12.6. The van der Waals surface area contributed by atoms with Crippen molar-refractivity contribution < 1.29 is 4.74 Å². The maximum Gasteiger partial charge on any atom is 0.182 e. The molecule has 2 heterocycles. The van der Waals surface area contributed by atoms with Crippen LogP contribution in [0.4, 0.5) is 5.69 Å². The Morgan fingerprint density at radius 3 is 3.05 bits per heavy atom. The van der Waals surface area contributed by atoms with Gasteiger partial charge in [-0.1, -0.05) is 15.9 Å². The van der Waals surface area contributed by atoms with E-state index in [2.05, 4.69) is 31.5 Å². The molecule has 0 saturated carbocycles. The first-order chi connectivity index (χ1) is 9.72. The molecule has 0 amide bonds. The second-order valence-corrected chi connectivity index (χ2v) is 5.84. The Morgan fingerprint density at radius 2 is 2.30 bits per heavy atom. The van der Waals surface area contributed by atoms with Crippen molar-refractivity contribution in [3.8, 4) is 11.4 Å². The number of anilines is 1. The van der Waals surface area contributed by atoms with E-state index in [0.717, 1.165) is 48.3 Å². The molecule has 7 heteroatoms. The van der Waals surface area contributed by atoms with Gasteiger partial charge in [0, 0.05) is 28.9 Å². The molecular formula is C13H16BrN5O. The molecule has 1 unspecified atom stereocenters. The number of aromatic nitrogens is 4. The fourth-order valence-corrected chi connectivity index (χ4v) is 2.95. The molecule has 1 aliphatic rings. The zero-order chi connectivity index (χ0) is 13.9. The lowest BCUT2D eigenvalue weighted by atomic mass is 10.1. The summed E-state index contributed by atoms with van der Waals surface area (Å²) in [5.74, 6) is 0.732. The lowest BCUT2D eigenvalue weighted by molar-refractivity contribution is 0.0994. The molecule has 20 heavy (non-hydrogen) atoms. The minimum absolute atomic E-state index is 0.333. The molecule has 0 aliphatic carbocycles. The molecule has 0 spiro atoms. The first kappa shape index (κ1) is 13.5. The second-order valence-electron chi connectivity index (χ2n) is 4.92. The van der Waals surface area contributed by atoms with Gasteiger partial charge < -0.3 is 10.5 Å². The van der Waals surface area contributed by atoms with Crippen LogP contribution < -0.4 is 5.73 Å². The molecule has 0 radical (unpaired) electrons. The molecule has 0 bridgehead atoms. The van der Waals surface area contributed by atoms with Crippen LogP contribution in [0.15, 0.2) is 22.7 Å². The average molecular weight is 338 g/mol. The molecule has 1 saturated heterocycles. The Kier molecular flexibility index (Phi) is 3.98. The van der Waals surface area contributed by atoms with Gasteiger partial charge in [0.2, 0.25) is 0 Å². The van der Waals surface area contributed by atoms with Crippen LogP contribution in [0.25, 0.3) is 11.4 Å². The van der Waals surface area contributed by atoms with Crippen molar-refractivity contribution >= 4 is 21.6 Å². The van der Waals surface area contributed by atoms with Gasteiger partial charge in [-0.05, 0) is 47.9 Å². The third-order valence-electron chi connectivity index (χ3n) is 3.40. The van der Waals surface area contributed by atoms with Gasteiger partial charge in [0.25, 0.3) is 0 Å². The summed E-state index contributed by atoms with van der Waals surface area (Å²) in [5, 5.41) is 11.9. The minimum Gasteiger partial charge on any atom is -0.399 e. The Hall–Kier alpha value is -1.47. The highest BCUT2D eigenvalue weighted by molar-refractivity contribution is 9.10. The zero-order valence-electron chi connectivity index (χ0n) is 11.0. The van der Waals surface area contributed by atoms with E-state index in [0.29, 0.717) is 11.8 Å². The second kappa shape index (κ2) is 5.88. The Labute approximate surface area is 125 Å². The third kappa shape index (κ3) is 2.99. The largest absolute Gasteiger partial charge is 0.399 e. The smallest absolute Gasteiger partial charge is 0.182 e. The molecule has 2 aromatic rings. The van der Waals surface area contributed by atoms with E-state index in [1.807, 2.05) is 22.9 Å². The molecule has 6 nitrogen and oxygen atoms in total. The van der Waals surface area contributed by atoms with Gasteiger partial charge in [-0.2, -0.15) is 0 Å². The molecule has 106 valence electrons. The van der Waals surface area contributed by atoms with Crippen molar-refractivity contribution in [1.29, 1.82) is 0 Å². The monoisotopic (exact) mass is 337 g/mol. The Balaban J connectivity index is 1.78. The van der Waals surface area contributed by atoms with Crippen molar-refractivity contribution in [3.05, 3.63) is 22.7 Å². The van der Waals surface area contributed by atoms with Crippen molar-refractivity contribution in [1.82, 2.24) is 20.2 Å². The fraction of sp³-hybridized carbons (Fsp3) is 0.462. The maximum absolute atomic E-state index is 5.86. The summed E-state index contributed by atoms with van der Waals surface area (Å²) in [6.07, 6.45) is 3.54. The van der Waals surface area contributed by atoms with Crippen LogP contribution in [0.3, 0.4) is 0 Å². The Bertz CT molecular complexity index is 574. The first-order valence-corrected chi connectivity index (χ1v) is 7.46. The predicted octanol–water partition coefficient (Wildman–Crippen LogP) is 2.25. The lowest BCUT2D eigenvalue weighted by Crippen LogP contribution is -2.12. The summed E-state index contributed by atoms with van der Waals surface area (Å²) in [4.78, 5) is 0. The van der Waals surface area contributed by atoms with E-state index >= 15 is 0 Å². The van der Waals surface area contributed by atoms with Crippen molar-refractivity contribution in [2.45, 2.75) is 31.9 Å². The summed E-state index contributed by atoms with van der Waals surface area (Å²) in [5.41, 5.74) is 7.46. The highest BCUT2D eigenvalue weighted by Gasteiger charge is 2.17. The number of hydrogen-bond acceptors (Lipinski definition) is 5. The van der Waals surface area contributed by atoms with Gasteiger partial charge in [0.1, 0.15) is 0 Å². The van der Waals surface area contributed by atoms with E-state index in [9.17, 15) is 0 Å². The van der Waals surface area contributed by atoms with E-state index < -0.39 is 0 Å². The van der Waals surface area contributed by atoms with Crippen LogP contribution in [0.5, 0.6) is 0 Å². The van der Waals surface area contributed by atoms with Gasteiger partial charge >= 0.3 is 0 Å². The lowest BCUT2D eigenvalue weighted by Gasteiger charge is -2.10. The van der Waals surface area contributed by atoms with Gasteiger partial charge in [-0.25, -0.2) is 4.68 Å². The molecule has 2 N–H and O–H groups in total. The summed E-state index contributed by atoms with van der Waals surface area (Å²) < 4.78 is 8.35. The fourth-order valence-electron chi connectivity index (χ4n) is 2.44. The number of nitrogens with two attached hydrogens (primary N) is 1. The number of tetrazole rings is 1. The van der Waals surface area contributed by atoms with Crippen molar-refractivity contribution in [2.24, 2.45) is 0 Å². The molecular weight excluding hydrogens is 322 g/mol. The van der Waals surface area contributed by atoms with Crippen molar-refractivity contribution in [3.63, 3.8) is 0 Å². The van der Waals surface area contributed by atoms with Gasteiger partial charge in [0.05, 0.1) is 6.10 Å². The van der Waals surface area contributed by atoms with Gasteiger partial charge in [-0.15, -0.1) is 5.10 Å². The maximum atomic E-state index is 5.86. The Morgan fingerprint density at radius 1 is 1.40 bits per heavy atom. The van der Waals surface area contributed by atoms with E-state index in [-0.39, 0.29) is 0 Å². The first-order valence-electron chi connectivity index (χ1n) is 6.66. The summed E-state index contributed by atoms with van der Waals surface area (Å²) in [6, 6.07) is 5.69. The molecule has 1 aliphatic heterocycles. The third-order valence-corrected chi connectivity index (χ3v) is 3.85. The van der Waals surface area contributed by atoms with Crippen LogP contribution in [-0.2, 0) is 11.3 Å². The van der Waals surface area contributed by atoms with Crippen LogP contribution in [0, 0.1) is 0 Å².